The second kappa shape index (κ2) is 5.04. The first-order valence-corrected chi connectivity index (χ1v) is 7.04. The monoisotopic (exact) mass is 290 g/mol. The number of hydrogen-bond donors (Lipinski definition) is 2. The Hall–Kier alpha value is -2.08. The number of nitrogens with one attached hydrogen (secondary N) is 1. The molecule has 3 rings (SSSR count). The summed E-state index contributed by atoms with van der Waals surface area (Å²) >= 11 is 0. The van der Waals surface area contributed by atoms with Gasteiger partial charge in [-0.3, -0.25) is 4.90 Å². The maximum atomic E-state index is 12.6. The fraction of sp³-hybridized carbons (Fsp3) is 0.467. The molecule has 1 aromatic carbocycles. The summed E-state index contributed by atoms with van der Waals surface area (Å²) in [6.07, 6.45) is 1.07. The second-order valence-electron chi connectivity index (χ2n) is 5.67. The smallest absolute Gasteiger partial charge is 0.332 e. The summed E-state index contributed by atoms with van der Waals surface area (Å²) in [5.74, 6) is -1.05. The lowest BCUT2D eigenvalue weighted by atomic mass is 9.99. The number of fused-ring (bicyclic) bond motifs is 1. The van der Waals surface area contributed by atoms with Crippen molar-refractivity contribution in [2.45, 2.75) is 31.3 Å². The summed E-state index contributed by atoms with van der Waals surface area (Å²) in [5.41, 5.74) is 0.642. The first-order valence-electron chi connectivity index (χ1n) is 7.04. The number of para-hydroxylation sites is 1. The maximum Gasteiger partial charge on any atom is 0.332 e. The van der Waals surface area contributed by atoms with Crippen molar-refractivity contribution >= 4 is 17.7 Å². The van der Waals surface area contributed by atoms with E-state index in [0.717, 1.165) is 17.7 Å². The molecule has 6 nitrogen and oxygen atoms in total. The van der Waals surface area contributed by atoms with Gasteiger partial charge in [-0.25, -0.2) is 9.59 Å². The van der Waals surface area contributed by atoms with Crippen LogP contribution < -0.4 is 10.2 Å². The molecular weight excluding hydrogens is 272 g/mol. The Kier molecular flexibility index (Phi) is 3.33. The molecule has 2 atom stereocenters. The lowest BCUT2D eigenvalue weighted by molar-refractivity contribution is -0.144. The third kappa shape index (κ3) is 2.25. The Morgan fingerprint density at radius 2 is 2.19 bits per heavy atom. The normalized spacial score (nSPS) is 27.5. The Morgan fingerprint density at radius 1 is 1.43 bits per heavy atom. The van der Waals surface area contributed by atoms with Crippen molar-refractivity contribution in [3.8, 4) is 0 Å². The number of carboxylic acids is 1. The molecule has 0 bridgehead atoms. The number of aliphatic carboxylic acids is 1. The van der Waals surface area contributed by atoms with Crippen LogP contribution in [0.1, 0.15) is 18.9 Å². The summed E-state index contributed by atoms with van der Waals surface area (Å²) in [4.78, 5) is 25.7. The molecule has 0 radical (unpaired) electrons. The Bertz CT molecular complexity index is 581. The van der Waals surface area contributed by atoms with Gasteiger partial charge in [0.15, 0.2) is 5.54 Å². The number of benzene rings is 1. The van der Waals surface area contributed by atoms with Crippen LogP contribution in [-0.4, -0.2) is 41.9 Å². The molecule has 1 saturated heterocycles. The number of rotatable bonds is 2. The quantitative estimate of drug-likeness (QED) is 0.862. The molecule has 0 aromatic heterocycles. The molecule has 1 fully saturated rings. The molecule has 6 heteroatoms. The van der Waals surface area contributed by atoms with Crippen LogP contribution in [0.3, 0.4) is 0 Å². The zero-order chi connectivity index (χ0) is 15.0. The summed E-state index contributed by atoms with van der Waals surface area (Å²) < 4.78 is 5.17. The van der Waals surface area contributed by atoms with E-state index in [2.05, 4.69) is 5.32 Å². The van der Waals surface area contributed by atoms with Gasteiger partial charge in [-0.05, 0) is 25.0 Å². The van der Waals surface area contributed by atoms with Gasteiger partial charge >= 0.3 is 12.0 Å². The van der Waals surface area contributed by atoms with Crippen molar-refractivity contribution in [2.24, 2.45) is 0 Å². The van der Waals surface area contributed by atoms with E-state index in [1.165, 1.54) is 0 Å². The van der Waals surface area contributed by atoms with E-state index in [1.54, 1.807) is 4.90 Å². The minimum atomic E-state index is -1.31. The number of hydrogen-bond acceptors (Lipinski definition) is 3. The fourth-order valence-corrected chi connectivity index (χ4v) is 3.03. The Labute approximate surface area is 122 Å². The Morgan fingerprint density at radius 3 is 2.86 bits per heavy atom. The lowest BCUT2D eigenvalue weighted by Crippen LogP contribution is -2.59. The van der Waals surface area contributed by atoms with Crippen LogP contribution in [0.25, 0.3) is 0 Å². The summed E-state index contributed by atoms with van der Waals surface area (Å²) in [6, 6.07) is 7.33. The van der Waals surface area contributed by atoms with E-state index in [4.69, 9.17) is 4.74 Å². The van der Waals surface area contributed by atoms with Crippen molar-refractivity contribution in [2.75, 3.05) is 18.1 Å². The minimum Gasteiger partial charge on any atom is -0.479 e. The van der Waals surface area contributed by atoms with Crippen molar-refractivity contribution in [3.63, 3.8) is 0 Å². The number of urea groups is 1. The highest BCUT2D eigenvalue weighted by molar-refractivity contribution is 5.98. The summed E-state index contributed by atoms with van der Waals surface area (Å²) in [7, 11) is 0. The SMILES string of the molecule is CC1Cc2ccccc2N1C(=O)NC1(C(=O)O)CCOC1. The molecule has 2 aliphatic rings. The van der Waals surface area contributed by atoms with E-state index in [9.17, 15) is 14.7 Å². The van der Waals surface area contributed by atoms with Gasteiger partial charge in [0.25, 0.3) is 0 Å². The number of anilines is 1. The molecule has 112 valence electrons. The highest BCUT2D eigenvalue weighted by Crippen LogP contribution is 2.32. The van der Waals surface area contributed by atoms with Crippen LogP contribution in [0.2, 0.25) is 0 Å². The fourth-order valence-electron chi connectivity index (χ4n) is 3.03. The molecule has 0 saturated carbocycles. The molecule has 0 spiro atoms. The average Bonchev–Trinajstić information content (AvgIpc) is 3.02. The highest BCUT2D eigenvalue weighted by Gasteiger charge is 2.45. The topological polar surface area (TPSA) is 78.9 Å². The molecular formula is C15H18N2O4. The van der Waals surface area contributed by atoms with Crippen LogP contribution in [-0.2, 0) is 16.0 Å². The number of carboxylic acid groups (broad SMARTS) is 1. The number of carbonyl (C=O) groups is 2. The largest absolute Gasteiger partial charge is 0.479 e. The average molecular weight is 290 g/mol. The van der Waals surface area contributed by atoms with Crippen molar-refractivity contribution < 1.29 is 19.4 Å². The van der Waals surface area contributed by atoms with Gasteiger partial charge in [0.05, 0.1) is 6.61 Å². The molecule has 2 unspecified atom stereocenters. The van der Waals surface area contributed by atoms with E-state index >= 15 is 0 Å². The number of nitrogens with zero attached hydrogens (tertiary/aromatic N) is 1. The predicted octanol–water partition coefficient (Wildman–Crippen LogP) is 1.39. The van der Waals surface area contributed by atoms with Gasteiger partial charge in [0, 0.05) is 24.8 Å². The maximum absolute atomic E-state index is 12.6. The third-order valence-corrected chi connectivity index (χ3v) is 4.20. The second-order valence-corrected chi connectivity index (χ2v) is 5.67. The predicted molar refractivity (Wildman–Crippen MR) is 76.4 cm³/mol. The van der Waals surface area contributed by atoms with E-state index in [-0.39, 0.29) is 25.1 Å². The van der Waals surface area contributed by atoms with E-state index in [0.29, 0.717) is 6.61 Å². The summed E-state index contributed by atoms with van der Waals surface area (Å²) in [5, 5.41) is 12.1. The summed E-state index contributed by atoms with van der Waals surface area (Å²) in [6.45, 7) is 2.31. The van der Waals surface area contributed by atoms with Crippen LogP contribution >= 0.6 is 0 Å². The first kappa shape index (κ1) is 13.9. The van der Waals surface area contributed by atoms with Crippen molar-refractivity contribution in [1.29, 1.82) is 0 Å². The van der Waals surface area contributed by atoms with Crippen LogP contribution in [0.4, 0.5) is 10.5 Å². The zero-order valence-corrected chi connectivity index (χ0v) is 11.8. The van der Waals surface area contributed by atoms with Gasteiger partial charge in [0.2, 0.25) is 0 Å². The highest BCUT2D eigenvalue weighted by atomic mass is 16.5. The standard InChI is InChI=1S/C15H18N2O4/c1-10-8-11-4-2-3-5-12(11)17(10)14(20)16-15(13(18)19)6-7-21-9-15/h2-5,10H,6-9H2,1H3,(H,16,20)(H,18,19). The van der Waals surface area contributed by atoms with Crippen molar-refractivity contribution in [3.05, 3.63) is 29.8 Å². The molecule has 21 heavy (non-hydrogen) atoms. The van der Waals surface area contributed by atoms with E-state index in [1.807, 2.05) is 31.2 Å². The molecule has 1 aromatic rings. The molecule has 2 aliphatic heterocycles. The number of ether oxygens (including phenoxy) is 1. The van der Waals surface area contributed by atoms with Gasteiger partial charge in [-0.2, -0.15) is 0 Å². The van der Waals surface area contributed by atoms with Gasteiger partial charge in [-0.1, -0.05) is 18.2 Å². The Balaban J connectivity index is 1.84. The number of carbonyl (C=O) groups excluding carboxylic acids is 1. The van der Waals surface area contributed by atoms with Crippen molar-refractivity contribution in [1.82, 2.24) is 5.32 Å². The van der Waals surface area contributed by atoms with Gasteiger partial charge in [-0.15, -0.1) is 0 Å². The van der Waals surface area contributed by atoms with Crippen LogP contribution in [0, 0.1) is 0 Å². The molecule has 0 aliphatic carbocycles. The molecule has 2 heterocycles. The zero-order valence-electron chi connectivity index (χ0n) is 11.8. The first-order chi connectivity index (χ1) is 10.0. The van der Waals surface area contributed by atoms with Gasteiger partial charge < -0.3 is 15.2 Å². The van der Waals surface area contributed by atoms with Gasteiger partial charge in [0.1, 0.15) is 0 Å². The van der Waals surface area contributed by atoms with Crippen LogP contribution in [0.5, 0.6) is 0 Å². The third-order valence-electron chi connectivity index (χ3n) is 4.20. The van der Waals surface area contributed by atoms with E-state index < -0.39 is 11.5 Å². The van der Waals surface area contributed by atoms with Crippen LogP contribution in [0.15, 0.2) is 24.3 Å². The minimum absolute atomic E-state index is 0.00978. The number of amides is 2. The molecule has 2 N–H and O–H groups in total. The molecule has 2 amide bonds. The lowest BCUT2D eigenvalue weighted by Gasteiger charge is -2.29.